The smallest absolute Gasteiger partial charge is 0.261 e. The minimum atomic E-state index is -1.26. The third-order valence-corrected chi connectivity index (χ3v) is 8.32. The molecule has 1 fully saturated rings. The number of hydrogen-bond donors (Lipinski definition) is 5. The molecule has 1 aliphatic heterocycles. The van der Waals surface area contributed by atoms with Crippen LogP contribution in [0.2, 0.25) is 0 Å². The molecule has 3 aliphatic rings. The summed E-state index contributed by atoms with van der Waals surface area (Å²) in [5, 5.41) is 24.7. The Balaban J connectivity index is 1.53. The number of nitrogens with zero attached hydrogens (tertiary/aromatic N) is 1. The summed E-state index contributed by atoms with van der Waals surface area (Å²) < 4.78 is 0. The first-order valence-electron chi connectivity index (χ1n) is 12.6. The number of nitrogens with two attached hydrogens (primary N) is 1. The van der Waals surface area contributed by atoms with Gasteiger partial charge in [-0.2, -0.15) is 0 Å². The van der Waals surface area contributed by atoms with E-state index in [0.717, 1.165) is 24.1 Å². The Morgan fingerprint density at radius 2 is 2.03 bits per heavy atom. The van der Waals surface area contributed by atoms with Gasteiger partial charge in [-0.25, -0.2) is 0 Å². The molecule has 2 heterocycles. The van der Waals surface area contributed by atoms with Crippen LogP contribution in [0.4, 0.5) is 0 Å². The van der Waals surface area contributed by atoms with Crippen molar-refractivity contribution >= 4 is 11.8 Å². The van der Waals surface area contributed by atoms with Gasteiger partial charge in [-0.3, -0.25) is 14.4 Å². The fourth-order valence-electron chi connectivity index (χ4n) is 6.83. The lowest BCUT2D eigenvalue weighted by Gasteiger charge is -2.56. The van der Waals surface area contributed by atoms with E-state index in [1.165, 1.54) is 0 Å². The maximum atomic E-state index is 13.0. The van der Waals surface area contributed by atoms with E-state index in [-0.39, 0.29) is 35.1 Å². The molecule has 2 bridgehead atoms. The number of phenols is 1. The second-order valence-electron chi connectivity index (χ2n) is 11.3. The topological polar surface area (TPSA) is 149 Å². The van der Waals surface area contributed by atoms with Crippen molar-refractivity contribution in [3.63, 3.8) is 0 Å². The number of aromatic nitrogens is 1. The highest BCUT2D eigenvalue weighted by molar-refractivity contribution is 5.97. The van der Waals surface area contributed by atoms with Crippen LogP contribution in [-0.2, 0) is 28.7 Å². The Labute approximate surface area is 209 Å². The van der Waals surface area contributed by atoms with E-state index in [0.29, 0.717) is 30.5 Å². The minimum Gasteiger partial charge on any atom is -0.508 e. The highest BCUT2D eigenvalue weighted by Gasteiger charge is 2.61. The van der Waals surface area contributed by atoms with Crippen LogP contribution in [0.1, 0.15) is 65.9 Å². The molecule has 2 aliphatic carbocycles. The van der Waals surface area contributed by atoms with Gasteiger partial charge in [-0.15, -0.1) is 0 Å². The lowest BCUT2D eigenvalue weighted by molar-refractivity contribution is -0.120. The summed E-state index contributed by atoms with van der Waals surface area (Å²) in [6.07, 6.45) is 2.46. The standard InChI is InChI=1S/C27H34N4O5/c1-14(2)8-20(23(28)33)29-24(34)17-9-15-4-7-22-26(13-31(22)3)12-27(36,11-21(15)30-25(17)35)19-10-16(32)5-6-18(19)26/h5-6,9-10,14,20,22,32,36H,4,7-8,11-13H2,1-3H3,(H2,28,33)(H,29,34)(H,30,35)/t20-,22-,26?,27-/m0/s1. The molecule has 9 heteroatoms. The summed E-state index contributed by atoms with van der Waals surface area (Å²) >= 11 is 0. The van der Waals surface area contributed by atoms with Crippen molar-refractivity contribution < 1.29 is 19.8 Å². The number of amides is 2. The van der Waals surface area contributed by atoms with Crippen molar-refractivity contribution in [1.29, 1.82) is 0 Å². The van der Waals surface area contributed by atoms with Crippen molar-refractivity contribution in [2.45, 2.75) is 69.1 Å². The molecule has 5 rings (SSSR count). The third kappa shape index (κ3) is 3.81. The zero-order chi connectivity index (χ0) is 26.0. The van der Waals surface area contributed by atoms with Crippen molar-refractivity contribution in [2.75, 3.05) is 13.6 Å². The summed E-state index contributed by atoms with van der Waals surface area (Å²) in [5.74, 6) is -1.06. The molecular weight excluding hydrogens is 460 g/mol. The van der Waals surface area contributed by atoms with Crippen LogP contribution in [-0.4, -0.2) is 57.6 Å². The number of H-pyrrole nitrogens is 1. The fraction of sp³-hybridized carbons (Fsp3) is 0.519. The molecule has 2 amide bonds. The van der Waals surface area contributed by atoms with Crippen molar-refractivity contribution in [3.8, 4) is 5.75 Å². The van der Waals surface area contributed by atoms with Gasteiger partial charge in [0.15, 0.2) is 0 Å². The lowest BCUT2D eigenvalue weighted by Crippen LogP contribution is -2.65. The third-order valence-electron chi connectivity index (χ3n) is 8.32. The van der Waals surface area contributed by atoms with Crippen LogP contribution in [0.3, 0.4) is 0 Å². The molecule has 192 valence electrons. The number of likely N-dealkylation sites (N-methyl/N-ethyl adjacent to an activating group) is 1. The van der Waals surface area contributed by atoms with Gasteiger partial charge >= 0.3 is 0 Å². The van der Waals surface area contributed by atoms with Crippen molar-refractivity contribution in [2.24, 2.45) is 11.7 Å². The Morgan fingerprint density at radius 3 is 2.69 bits per heavy atom. The number of phenolic OH excluding ortho intramolecular Hbond substituents is 1. The Bertz CT molecular complexity index is 1300. The van der Waals surface area contributed by atoms with Gasteiger partial charge in [0.2, 0.25) is 5.91 Å². The first kappa shape index (κ1) is 24.5. The number of aromatic hydroxyl groups is 1. The highest BCUT2D eigenvalue weighted by atomic mass is 16.3. The largest absolute Gasteiger partial charge is 0.508 e. The van der Waals surface area contributed by atoms with Crippen LogP contribution < -0.4 is 16.6 Å². The number of pyridine rings is 1. The zero-order valence-electron chi connectivity index (χ0n) is 20.9. The average Bonchev–Trinajstić information content (AvgIpc) is 3.04. The molecular formula is C27H34N4O5. The fourth-order valence-corrected chi connectivity index (χ4v) is 6.83. The molecule has 4 atom stereocenters. The highest BCUT2D eigenvalue weighted by Crippen LogP contribution is 2.58. The van der Waals surface area contributed by atoms with Crippen LogP contribution in [0.25, 0.3) is 0 Å². The van der Waals surface area contributed by atoms with E-state index in [2.05, 4.69) is 22.2 Å². The summed E-state index contributed by atoms with van der Waals surface area (Å²) in [6.45, 7) is 4.65. The molecule has 9 nitrogen and oxygen atoms in total. The maximum absolute atomic E-state index is 13.0. The number of nitrogens with one attached hydrogen (secondary N) is 2. The lowest BCUT2D eigenvalue weighted by atomic mass is 9.65. The number of rotatable bonds is 5. The number of carbonyl (C=O) groups is 2. The monoisotopic (exact) mass is 494 g/mol. The van der Waals surface area contributed by atoms with Gasteiger partial charge in [0.25, 0.3) is 11.5 Å². The Hall–Kier alpha value is -3.17. The molecule has 1 aromatic heterocycles. The zero-order valence-corrected chi connectivity index (χ0v) is 20.9. The molecule has 1 spiro atoms. The molecule has 0 radical (unpaired) electrons. The SMILES string of the molecule is CC(C)C[C@H](NC(=O)c1cc2c([nH]c1=O)C[C@]1(O)CC3(CN(C)[C@H]3CC2)c2ccc(O)cc21)C(N)=O. The Kier molecular flexibility index (Phi) is 5.76. The molecule has 1 unspecified atom stereocenters. The van der Waals surface area contributed by atoms with E-state index in [1.54, 1.807) is 18.2 Å². The summed E-state index contributed by atoms with van der Waals surface area (Å²) in [7, 11) is 2.07. The number of aromatic amines is 1. The maximum Gasteiger partial charge on any atom is 0.261 e. The number of fused-ring (bicyclic) bond motifs is 4. The van der Waals surface area contributed by atoms with E-state index >= 15 is 0 Å². The first-order valence-corrected chi connectivity index (χ1v) is 12.6. The van der Waals surface area contributed by atoms with Crippen LogP contribution in [0, 0.1) is 5.92 Å². The predicted octanol–water partition coefficient (Wildman–Crippen LogP) is 1.04. The number of aliphatic hydroxyl groups is 1. The summed E-state index contributed by atoms with van der Waals surface area (Å²) in [5.41, 5.74) is 6.49. The second-order valence-corrected chi connectivity index (χ2v) is 11.3. The van der Waals surface area contributed by atoms with Gasteiger partial charge in [-0.1, -0.05) is 19.9 Å². The number of hydrogen-bond acceptors (Lipinski definition) is 6. The molecule has 36 heavy (non-hydrogen) atoms. The first-order chi connectivity index (χ1) is 16.9. The van der Waals surface area contributed by atoms with Gasteiger partial charge in [0, 0.05) is 30.1 Å². The van der Waals surface area contributed by atoms with Crippen LogP contribution >= 0.6 is 0 Å². The number of aryl methyl sites for hydroxylation is 1. The number of benzene rings is 1. The van der Waals surface area contributed by atoms with E-state index in [9.17, 15) is 24.6 Å². The van der Waals surface area contributed by atoms with Crippen molar-refractivity contribution in [1.82, 2.24) is 15.2 Å². The van der Waals surface area contributed by atoms with Gasteiger partial charge in [0.05, 0.1) is 5.60 Å². The quantitative estimate of drug-likeness (QED) is 0.419. The van der Waals surface area contributed by atoms with Gasteiger partial charge < -0.3 is 31.1 Å². The van der Waals surface area contributed by atoms with E-state index in [4.69, 9.17) is 5.73 Å². The average molecular weight is 495 g/mol. The Morgan fingerprint density at radius 1 is 1.28 bits per heavy atom. The summed E-state index contributed by atoms with van der Waals surface area (Å²) in [4.78, 5) is 43.0. The van der Waals surface area contributed by atoms with E-state index < -0.39 is 29.0 Å². The predicted molar refractivity (Wildman–Crippen MR) is 134 cm³/mol. The van der Waals surface area contributed by atoms with Crippen molar-refractivity contribution in [3.05, 3.63) is 62.6 Å². The number of likely N-dealkylation sites (tertiary alicyclic amines) is 1. The van der Waals surface area contributed by atoms with Crippen LogP contribution in [0.15, 0.2) is 29.1 Å². The molecule has 6 N–H and O–H groups in total. The van der Waals surface area contributed by atoms with Crippen LogP contribution in [0.5, 0.6) is 5.75 Å². The minimum absolute atomic E-state index is 0.0742. The molecule has 1 saturated heterocycles. The van der Waals surface area contributed by atoms with Gasteiger partial charge in [-0.05, 0) is 73.5 Å². The normalized spacial score (nSPS) is 27.5. The number of primary amides is 1. The van der Waals surface area contributed by atoms with Gasteiger partial charge in [0.1, 0.15) is 17.4 Å². The second kappa shape index (κ2) is 8.45. The van der Waals surface area contributed by atoms with E-state index in [1.807, 2.05) is 19.9 Å². The molecule has 1 aromatic carbocycles. The number of carbonyl (C=O) groups excluding carboxylic acids is 2. The molecule has 2 aromatic rings. The molecule has 0 saturated carbocycles. The summed E-state index contributed by atoms with van der Waals surface area (Å²) in [6, 6.07) is 6.13.